The van der Waals surface area contributed by atoms with Crippen molar-refractivity contribution in [3.8, 4) is 0 Å². The van der Waals surface area contributed by atoms with Crippen molar-refractivity contribution in [2.75, 3.05) is 5.75 Å². The van der Waals surface area contributed by atoms with Crippen molar-refractivity contribution in [1.29, 1.82) is 0 Å². The second-order valence-corrected chi connectivity index (χ2v) is 7.21. The molecule has 1 aliphatic carbocycles. The molecule has 2 rings (SSSR count). The lowest BCUT2D eigenvalue weighted by Crippen LogP contribution is -1.99. The highest BCUT2D eigenvalue weighted by atomic mass is 79.9. The number of allylic oxidation sites excluding steroid dienone is 5. The van der Waals surface area contributed by atoms with Crippen LogP contribution in [0.15, 0.2) is 68.8 Å². The maximum Gasteiger partial charge on any atom is 0.104 e. The standard InChI is InChI=1S/C18H20BrNS/c1-4-21-18(15-9-6-10-16(19)12-15)20-17-11-13(2)7-5-8-14(17)3/h5-10,12H,4,11H2,1-3H3/b20-18+. The monoisotopic (exact) mass is 361 g/mol. The predicted molar refractivity (Wildman–Crippen MR) is 99.0 cm³/mol. The first-order valence-electron chi connectivity index (χ1n) is 7.11. The molecule has 3 heteroatoms. The fraction of sp³-hybridized carbons (Fsp3) is 0.278. The number of rotatable bonds is 3. The van der Waals surface area contributed by atoms with E-state index >= 15 is 0 Å². The Hall–Kier alpha value is -1.06. The molecule has 0 saturated heterocycles. The minimum atomic E-state index is 0.917. The van der Waals surface area contributed by atoms with Crippen molar-refractivity contribution in [3.05, 3.63) is 69.4 Å². The Bertz CT molecular complexity index is 638. The minimum Gasteiger partial charge on any atom is -0.245 e. The van der Waals surface area contributed by atoms with Gasteiger partial charge in [0, 0.05) is 22.2 Å². The van der Waals surface area contributed by atoms with E-state index in [1.807, 2.05) is 6.07 Å². The summed E-state index contributed by atoms with van der Waals surface area (Å²) in [6.45, 7) is 6.46. The van der Waals surface area contributed by atoms with Crippen molar-refractivity contribution >= 4 is 32.7 Å². The van der Waals surface area contributed by atoms with Gasteiger partial charge in [-0.05, 0) is 37.3 Å². The molecule has 0 bridgehead atoms. The third-order valence-corrected chi connectivity index (χ3v) is 4.60. The lowest BCUT2D eigenvalue weighted by molar-refractivity contribution is 1.06. The Morgan fingerprint density at radius 2 is 2.14 bits per heavy atom. The topological polar surface area (TPSA) is 12.4 Å². The van der Waals surface area contributed by atoms with Crippen LogP contribution >= 0.6 is 27.7 Å². The summed E-state index contributed by atoms with van der Waals surface area (Å²) < 4.78 is 1.09. The molecule has 110 valence electrons. The maximum atomic E-state index is 4.97. The zero-order chi connectivity index (χ0) is 15.2. The van der Waals surface area contributed by atoms with Crippen molar-refractivity contribution in [2.24, 2.45) is 4.99 Å². The number of benzene rings is 1. The average molecular weight is 362 g/mol. The summed E-state index contributed by atoms with van der Waals surface area (Å²) in [6, 6.07) is 8.36. The fourth-order valence-corrected chi connectivity index (χ4v) is 3.25. The Morgan fingerprint density at radius 1 is 1.33 bits per heavy atom. The van der Waals surface area contributed by atoms with Crippen LogP contribution in [0.3, 0.4) is 0 Å². The van der Waals surface area contributed by atoms with E-state index in [9.17, 15) is 0 Å². The average Bonchev–Trinajstić information content (AvgIpc) is 2.60. The van der Waals surface area contributed by atoms with Gasteiger partial charge in [-0.1, -0.05) is 58.8 Å². The van der Waals surface area contributed by atoms with Gasteiger partial charge >= 0.3 is 0 Å². The molecule has 0 saturated carbocycles. The van der Waals surface area contributed by atoms with E-state index in [0.717, 1.165) is 27.4 Å². The molecule has 0 aliphatic heterocycles. The van der Waals surface area contributed by atoms with Crippen LogP contribution in [0.1, 0.15) is 32.8 Å². The zero-order valence-corrected chi connectivity index (χ0v) is 15.1. The molecule has 21 heavy (non-hydrogen) atoms. The van der Waals surface area contributed by atoms with Crippen LogP contribution in [0.5, 0.6) is 0 Å². The number of aliphatic imine (C=N–C) groups is 1. The van der Waals surface area contributed by atoms with Crippen LogP contribution in [0.4, 0.5) is 0 Å². The van der Waals surface area contributed by atoms with Crippen molar-refractivity contribution in [3.63, 3.8) is 0 Å². The highest BCUT2D eigenvalue weighted by Crippen LogP contribution is 2.25. The van der Waals surface area contributed by atoms with Gasteiger partial charge in [0.25, 0.3) is 0 Å². The lowest BCUT2D eigenvalue weighted by Gasteiger charge is -2.10. The third-order valence-electron chi connectivity index (χ3n) is 3.22. The summed E-state index contributed by atoms with van der Waals surface area (Å²) in [5.41, 5.74) is 4.92. The molecule has 1 aliphatic rings. The van der Waals surface area contributed by atoms with Crippen LogP contribution in [0, 0.1) is 0 Å². The number of thioether (sulfide) groups is 1. The molecule has 0 aromatic heterocycles. The van der Waals surface area contributed by atoms with Gasteiger partial charge in [-0.25, -0.2) is 4.99 Å². The first-order chi connectivity index (χ1) is 10.1. The molecule has 0 fully saturated rings. The van der Waals surface area contributed by atoms with Crippen molar-refractivity contribution in [2.45, 2.75) is 27.2 Å². The highest BCUT2D eigenvalue weighted by Gasteiger charge is 2.09. The third kappa shape index (κ3) is 4.72. The van der Waals surface area contributed by atoms with Crippen LogP contribution in [0.25, 0.3) is 0 Å². The molecule has 1 aromatic carbocycles. The molecule has 0 amide bonds. The van der Waals surface area contributed by atoms with Crippen LogP contribution in [0.2, 0.25) is 0 Å². The maximum absolute atomic E-state index is 4.97. The number of hydrogen-bond acceptors (Lipinski definition) is 2. The first-order valence-corrected chi connectivity index (χ1v) is 8.89. The summed E-state index contributed by atoms with van der Waals surface area (Å²) in [5.74, 6) is 1.02. The number of hydrogen-bond donors (Lipinski definition) is 0. The molecule has 1 aromatic rings. The summed E-state index contributed by atoms with van der Waals surface area (Å²) in [7, 11) is 0. The lowest BCUT2D eigenvalue weighted by atomic mass is 10.1. The Labute approximate surface area is 140 Å². The molecule has 0 unspecified atom stereocenters. The van der Waals surface area contributed by atoms with Gasteiger partial charge in [-0.3, -0.25) is 0 Å². The van der Waals surface area contributed by atoms with Crippen molar-refractivity contribution in [1.82, 2.24) is 0 Å². The van der Waals surface area contributed by atoms with E-state index in [1.165, 1.54) is 16.7 Å². The van der Waals surface area contributed by atoms with Gasteiger partial charge in [0.1, 0.15) is 5.04 Å². The molecular formula is C18H20BrNS. The molecule has 0 spiro atoms. The Balaban J connectivity index is 2.42. The zero-order valence-electron chi connectivity index (χ0n) is 12.7. The van der Waals surface area contributed by atoms with Crippen molar-refractivity contribution < 1.29 is 0 Å². The van der Waals surface area contributed by atoms with Gasteiger partial charge in [0.15, 0.2) is 0 Å². The van der Waals surface area contributed by atoms with Crippen LogP contribution in [-0.2, 0) is 0 Å². The first kappa shape index (κ1) is 16.3. The Kier molecular flexibility index (Phi) is 6.07. The van der Waals surface area contributed by atoms with Gasteiger partial charge < -0.3 is 0 Å². The van der Waals surface area contributed by atoms with Crippen LogP contribution in [-0.4, -0.2) is 10.8 Å². The van der Waals surface area contributed by atoms with E-state index in [1.54, 1.807) is 11.8 Å². The smallest absolute Gasteiger partial charge is 0.104 e. The molecule has 1 nitrogen and oxygen atoms in total. The second-order valence-electron chi connectivity index (χ2n) is 5.04. The molecule has 0 atom stereocenters. The normalized spacial score (nSPS) is 16.0. The molecular weight excluding hydrogens is 342 g/mol. The van der Waals surface area contributed by atoms with Gasteiger partial charge in [-0.15, -0.1) is 11.8 Å². The quantitative estimate of drug-likeness (QED) is 0.465. The largest absolute Gasteiger partial charge is 0.245 e. The van der Waals surface area contributed by atoms with Gasteiger partial charge in [-0.2, -0.15) is 0 Å². The summed E-state index contributed by atoms with van der Waals surface area (Å²) >= 11 is 5.34. The summed E-state index contributed by atoms with van der Waals surface area (Å²) in [5, 5.41) is 1.09. The van der Waals surface area contributed by atoms with E-state index in [2.05, 4.69) is 73.1 Å². The van der Waals surface area contributed by atoms with E-state index < -0.39 is 0 Å². The van der Waals surface area contributed by atoms with Gasteiger partial charge in [0.2, 0.25) is 0 Å². The predicted octanol–water partition coefficient (Wildman–Crippen LogP) is 6.13. The summed E-state index contributed by atoms with van der Waals surface area (Å²) in [6.07, 6.45) is 7.34. The van der Waals surface area contributed by atoms with Gasteiger partial charge in [0.05, 0.1) is 0 Å². The molecule has 0 heterocycles. The summed E-state index contributed by atoms with van der Waals surface area (Å²) in [4.78, 5) is 4.97. The number of nitrogens with zero attached hydrogens (tertiary/aromatic N) is 1. The number of halogens is 1. The SMILES string of the molecule is CCS/C(=N/C1=C(C)C=CC=C(C)C1)c1cccc(Br)c1. The van der Waals surface area contributed by atoms with E-state index in [-0.39, 0.29) is 0 Å². The Morgan fingerprint density at radius 3 is 2.86 bits per heavy atom. The second kappa shape index (κ2) is 7.81. The van der Waals surface area contributed by atoms with Crippen LogP contribution < -0.4 is 0 Å². The van der Waals surface area contributed by atoms with E-state index in [0.29, 0.717) is 0 Å². The molecule has 0 N–H and O–H groups in total. The van der Waals surface area contributed by atoms with E-state index in [4.69, 9.17) is 4.99 Å². The highest BCUT2D eigenvalue weighted by molar-refractivity contribution is 9.10. The minimum absolute atomic E-state index is 0.917. The molecule has 0 radical (unpaired) electrons. The fourth-order valence-electron chi connectivity index (χ4n) is 2.10.